The predicted molar refractivity (Wildman–Crippen MR) is 103 cm³/mol. The maximum absolute atomic E-state index is 12.4. The number of benzene rings is 2. The molecule has 0 saturated carbocycles. The first-order valence-corrected chi connectivity index (χ1v) is 10.3. The summed E-state index contributed by atoms with van der Waals surface area (Å²) < 4.78 is 27.2. The van der Waals surface area contributed by atoms with Gasteiger partial charge in [-0.25, -0.2) is 13.1 Å². The van der Waals surface area contributed by atoms with E-state index in [0.29, 0.717) is 11.1 Å². The van der Waals surface area contributed by atoms with E-state index in [-0.39, 0.29) is 35.0 Å². The molecule has 0 aromatic heterocycles. The van der Waals surface area contributed by atoms with Crippen LogP contribution >= 0.6 is 0 Å². The second kappa shape index (κ2) is 10.5. The Morgan fingerprint density at radius 2 is 1.74 bits per heavy atom. The molecule has 0 fully saturated rings. The molecule has 0 unspecified atom stereocenters. The van der Waals surface area contributed by atoms with E-state index in [2.05, 4.69) is 9.61 Å². The van der Waals surface area contributed by atoms with Crippen LogP contribution in [0.15, 0.2) is 47.4 Å². The van der Waals surface area contributed by atoms with E-state index in [1.165, 1.54) is 36.4 Å². The van der Waals surface area contributed by atoms with Crippen molar-refractivity contribution in [3.8, 4) is 5.75 Å². The Labute approximate surface area is 177 Å². The molecule has 0 atom stereocenters. The standard InChI is InChI=1S/C19H21N3O8S/c20-19(21)13-2-4-15(5-3-13)31(27,28)22-8-7-12-1-6-16(30-29-11-18(25)26)14(9-12)10-17(23)24/h1-6,9,22H,7-8,10-11H2,(H3,20,21)(H,23,24)(H,25,26)/p-2. The number of nitrogen functional groups attached to an aromatic ring is 1. The number of nitrogens with two attached hydrogens (primary N) is 1. The van der Waals surface area contributed by atoms with Gasteiger partial charge < -0.3 is 30.4 Å². The number of rotatable bonds is 12. The van der Waals surface area contributed by atoms with Crippen LogP contribution in [-0.2, 0) is 37.3 Å². The summed E-state index contributed by atoms with van der Waals surface area (Å²) in [6, 6.07) is 9.88. The summed E-state index contributed by atoms with van der Waals surface area (Å²) in [5.41, 5.74) is 6.50. The summed E-state index contributed by atoms with van der Waals surface area (Å²) in [6.45, 7) is -0.829. The fourth-order valence-electron chi connectivity index (χ4n) is 2.53. The molecule has 2 aromatic carbocycles. The highest BCUT2D eigenvalue weighted by Crippen LogP contribution is 2.21. The largest absolute Gasteiger partial charge is 0.550 e. The van der Waals surface area contributed by atoms with Crippen molar-refractivity contribution in [1.82, 2.24) is 4.72 Å². The maximum atomic E-state index is 12.4. The third-order valence-corrected chi connectivity index (χ3v) is 5.44. The van der Waals surface area contributed by atoms with Crippen molar-refractivity contribution < 1.29 is 38.0 Å². The SMILES string of the molecule is N=C(N)c1ccc(S(=O)(=O)NCCc2ccc(OOCC(=O)[O-])c(CC(=O)[O-])c2)cc1. The Morgan fingerprint density at radius 1 is 1.06 bits per heavy atom. The van der Waals surface area contributed by atoms with E-state index >= 15 is 0 Å². The molecule has 2 aromatic rings. The third-order valence-electron chi connectivity index (χ3n) is 3.97. The first-order valence-electron chi connectivity index (χ1n) is 8.83. The monoisotopic (exact) mass is 449 g/mol. The summed E-state index contributed by atoms with van der Waals surface area (Å²) in [4.78, 5) is 30.6. The Hall–Kier alpha value is -3.48. The zero-order chi connectivity index (χ0) is 23.0. The molecule has 11 nitrogen and oxygen atoms in total. The van der Waals surface area contributed by atoms with Crippen molar-refractivity contribution in [3.63, 3.8) is 0 Å². The summed E-state index contributed by atoms with van der Waals surface area (Å²) in [5, 5.41) is 28.6. The van der Waals surface area contributed by atoms with Crippen LogP contribution in [0.1, 0.15) is 16.7 Å². The normalized spacial score (nSPS) is 11.1. The molecule has 31 heavy (non-hydrogen) atoms. The molecule has 4 N–H and O–H groups in total. The van der Waals surface area contributed by atoms with Crippen LogP contribution in [0.4, 0.5) is 0 Å². The van der Waals surface area contributed by atoms with Crippen LogP contribution < -0.4 is 25.6 Å². The number of carbonyl (C=O) groups excluding carboxylic acids is 2. The van der Waals surface area contributed by atoms with Crippen molar-refractivity contribution in [2.75, 3.05) is 13.2 Å². The van der Waals surface area contributed by atoms with E-state index in [0.717, 1.165) is 0 Å². The second-order valence-corrected chi connectivity index (χ2v) is 8.06. The van der Waals surface area contributed by atoms with Gasteiger partial charge in [-0.2, -0.15) is 4.89 Å². The highest BCUT2D eigenvalue weighted by molar-refractivity contribution is 7.89. The Balaban J connectivity index is 2.03. The first kappa shape index (κ1) is 23.8. The topological polar surface area (TPSA) is 195 Å². The number of carboxylic acid groups (broad SMARTS) is 2. The Kier molecular flexibility index (Phi) is 8.07. The second-order valence-electron chi connectivity index (χ2n) is 6.29. The molecule has 0 aliphatic rings. The number of nitrogens with one attached hydrogen (secondary N) is 2. The van der Waals surface area contributed by atoms with E-state index < -0.39 is 35.0 Å². The van der Waals surface area contributed by atoms with Gasteiger partial charge in [-0.1, -0.05) is 12.1 Å². The van der Waals surface area contributed by atoms with Gasteiger partial charge >= 0.3 is 0 Å². The van der Waals surface area contributed by atoms with E-state index in [1.54, 1.807) is 6.07 Å². The maximum Gasteiger partial charge on any atom is 0.240 e. The van der Waals surface area contributed by atoms with Crippen LogP contribution in [0.3, 0.4) is 0 Å². The molecule has 0 radical (unpaired) electrons. The van der Waals surface area contributed by atoms with E-state index in [1.807, 2.05) is 0 Å². The number of carbonyl (C=O) groups is 2. The first-order chi connectivity index (χ1) is 14.6. The minimum atomic E-state index is -3.80. The van der Waals surface area contributed by atoms with Gasteiger partial charge in [-0.3, -0.25) is 5.41 Å². The fourth-order valence-corrected chi connectivity index (χ4v) is 3.56. The van der Waals surface area contributed by atoms with Gasteiger partial charge in [0, 0.05) is 30.1 Å². The lowest BCUT2D eigenvalue weighted by Gasteiger charge is -2.13. The average Bonchev–Trinajstić information content (AvgIpc) is 2.69. The lowest BCUT2D eigenvalue weighted by Crippen LogP contribution is -2.28. The molecular formula is C19H19N3O8S-2. The molecule has 0 aliphatic carbocycles. The molecule has 12 heteroatoms. The number of amidine groups is 1. The van der Waals surface area contributed by atoms with Gasteiger partial charge in [-0.05, 0) is 42.3 Å². The van der Waals surface area contributed by atoms with Crippen molar-refractivity contribution in [1.29, 1.82) is 5.41 Å². The number of aliphatic carboxylic acids is 2. The zero-order valence-corrected chi connectivity index (χ0v) is 16.9. The molecule has 0 spiro atoms. The van der Waals surface area contributed by atoms with Gasteiger partial charge in [0.2, 0.25) is 10.0 Å². The number of sulfonamides is 1. The van der Waals surface area contributed by atoms with Crippen molar-refractivity contribution >= 4 is 27.8 Å². The molecule has 0 aliphatic heterocycles. The number of hydrogen-bond acceptors (Lipinski definition) is 9. The van der Waals surface area contributed by atoms with Crippen molar-refractivity contribution in [3.05, 3.63) is 59.2 Å². The van der Waals surface area contributed by atoms with Crippen LogP contribution in [0, 0.1) is 5.41 Å². The van der Waals surface area contributed by atoms with E-state index in [4.69, 9.17) is 16.0 Å². The molecule has 0 heterocycles. The van der Waals surface area contributed by atoms with Gasteiger partial charge in [0.1, 0.15) is 12.4 Å². The lowest BCUT2D eigenvalue weighted by molar-refractivity contribution is -0.323. The molecule has 2 rings (SSSR count). The number of hydrogen-bond donors (Lipinski definition) is 3. The molecule has 0 bridgehead atoms. The molecule has 166 valence electrons. The smallest absolute Gasteiger partial charge is 0.240 e. The average molecular weight is 449 g/mol. The summed E-state index contributed by atoms with van der Waals surface area (Å²) in [5.74, 6) is -3.10. The van der Waals surface area contributed by atoms with Crippen molar-refractivity contribution in [2.24, 2.45) is 5.73 Å². The third kappa shape index (κ3) is 7.37. The van der Waals surface area contributed by atoms with Crippen LogP contribution in [0.2, 0.25) is 0 Å². The highest BCUT2D eigenvalue weighted by Gasteiger charge is 2.14. The minimum Gasteiger partial charge on any atom is -0.550 e. The molecule has 0 saturated heterocycles. The van der Waals surface area contributed by atoms with E-state index in [9.17, 15) is 28.2 Å². The summed E-state index contributed by atoms with van der Waals surface area (Å²) >= 11 is 0. The number of carboxylic acids is 2. The summed E-state index contributed by atoms with van der Waals surface area (Å²) in [7, 11) is -3.80. The van der Waals surface area contributed by atoms with Crippen molar-refractivity contribution in [2.45, 2.75) is 17.7 Å². The Bertz CT molecular complexity index is 1070. The lowest BCUT2D eigenvalue weighted by atomic mass is 10.0. The van der Waals surface area contributed by atoms with Gasteiger partial charge in [-0.15, -0.1) is 0 Å². The quantitative estimate of drug-likeness (QED) is 0.140. The Morgan fingerprint density at radius 3 is 2.32 bits per heavy atom. The fraction of sp³-hybridized carbons (Fsp3) is 0.211. The highest BCUT2D eigenvalue weighted by atomic mass is 32.2. The van der Waals surface area contributed by atoms with Crippen LogP contribution in [0.25, 0.3) is 0 Å². The molecule has 0 amide bonds. The van der Waals surface area contributed by atoms with Gasteiger partial charge in [0.25, 0.3) is 0 Å². The van der Waals surface area contributed by atoms with Crippen LogP contribution in [-0.4, -0.2) is 39.3 Å². The zero-order valence-electron chi connectivity index (χ0n) is 16.1. The minimum absolute atomic E-state index is 0.00366. The summed E-state index contributed by atoms with van der Waals surface area (Å²) in [6.07, 6.45) is -0.295. The predicted octanol–water partition coefficient (Wildman–Crippen LogP) is -2.16. The van der Waals surface area contributed by atoms with Crippen LogP contribution in [0.5, 0.6) is 5.75 Å². The van der Waals surface area contributed by atoms with Gasteiger partial charge in [0.05, 0.1) is 10.9 Å². The van der Waals surface area contributed by atoms with Gasteiger partial charge in [0.15, 0.2) is 5.75 Å². The molecular weight excluding hydrogens is 430 g/mol.